The van der Waals surface area contributed by atoms with Crippen LogP contribution in [0.25, 0.3) is 0 Å². The van der Waals surface area contributed by atoms with E-state index in [0.29, 0.717) is 25.7 Å². The van der Waals surface area contributed by atoms with Crippen molar-refractivity contribution in [3.05, 3.63) is 85.1 Å². The molecule has 0 aromatic rings. The number of carboxylic acid groups (broad SMARTS) is 1. The monoisotopic (exact) mass is 850 g/mol. The zero-order chi connectivity index (χ0) is 43.7. The highest BCUT2D eigenvalue weighted by Gasteiger charge is 2.28. The number of carbonyl (C=O) groups is 3. The molecule has 0 rings (SSSR count). The molecular weight excluding hydrogens is 773 g/mol. The Balaban J connectivity index is 4.55. The molecule has 0 aliphatic carbocycles. The van der Waals surface area contributed by atoms with Crippen LogP contribution < -0.4 is 5.73 Å². The number of rotatable bonds is 39. The number of unbranched alkanes of at least 4 members (excludes halogenated alkanes) is 11. The van der Waals surface area contributed by atoms with Crippen LogP contribution in [0.15, 0.2) is 85.1 Å². The Bertz CT molecular complexity index is 1340. The number of hydrogen-bond donors (Lipinski definition) is 4. The molecule has 2 unspecified atom stereocenters. The molecule has 59 heavy (non-hydrogen) atoms. The average molecular weight is 850 g/mol. The Hall–Kier alpha value is -3.38. The van der Waals surface area contributed by atoms with Crippen molar-refractivity contribution in [3.63, 3.8) is 0 Å². The maximum atomic E-state index is 12.6. The minimum atomic E-state index is -4.75. The number of allylic oxidation sites excluding steroid dienone is 12. The van der Waals surface area contributed by atoms with Crippen molar-refractivity contribution in [1.29, 1.82) is 0 Å². The van der Waals surface area contributed by atoms with Crippen molar-refractivity contribution in [2.75, 3.05) is 19.8 Å². The highest BCUT2D eigenvalue weighted by molar-refractivity contribution is 7.47. The summed E-state index contributed by atoms with van der Waals surface area (Å²) in [5.41, 5.74) is 5.32. The summed E-state index contributed by atoms with van der Waals surface area (Å²) in [6.07, 6.45) is 45.6. The average Bonchev–Trinajstić information content (AvgIpc) is 3.20. The first-order valence-corrected chi connectivity index (χ1v) is 23.2. The molecule has 0 heterocycles. The molecule has 0 amide bonds. The Morgan fingerprint density at radius 1 is 0.627 bits per heavy atom. The number of carboxylic acids is 1. The second kappa shape index (κ2) is 40.0. The number of carbonyl (C=O) groups excluding carboxylic acids is 2. The van der Waals surface area contributed by atoms with Gasteiger partial charge in [-0.1, -0.05) is 150 Å². The summed E-state index contributed by atoms with van der Waals surface area (Å²) >= 11 is 0. The predicted octanol–water partition coefficient (Wildman–Crippen LogP) is 10.5. The van der Waals surface area contributed by atoms with E-state index in [1.54, 1.807) is 6.08 Å². The molecule has 336 valence electrons. The molecule has 0 saturated carbocycles. The highest BCUT2D eigenvalue weighted by Crippen LogP contribution is 2.43. The molecule has 5 N–H and O–H groups in total. The van der Waals surface area contributed by atoms with E-state index in [4.69, 9.17) is 24.8 Å². The van der Waals surface area contributed by atoms with Crippen molar-refractivity contribution in [2.45, 2.75) is 167 Å². The number of esters is 2. The maximum absolute atomic E-state index is 12.6. The summed E-state index contributed by atoms with van der Waals surface area (Å²) in [5.74, 6) is -2.53. The van der Waals surface area contributed by atoms with Crippen LogP contribution in [0.4, 0.5) is 0 Å². The predicted molar refractivity (Wildman–Crippen MR) is 236 cm³/mol. The topological polar surface area (TPSA) is 192 Å². The van der Waals surface area contributed by atoms with Crippen molar-refractivity contribution in [2.24, 2.45) is 5.73 Å². The largest absolute Gasteiger partial charge is 0.480 e. The molecule has 12 nitrogen and oxygen atoms in total. The van der Waals surface area contributed by atoms with Gasteiger partial charge in [-0.25, -0.2) is 4.57 Å². The maximum Gasteiger partial charge on any atom is 0.472 e. The first kappa shape index (κ1) is 55.6. The number of aliphatic carboxylic acids is 1. The van der Waals surface area contributed by atoms with E-state index in [9.17, 15) is 28.9 Å². The van der Waals surface area contributed by atoms with Crippen LogP contribution in [0, 0.1) is 0 Å². The van der Waals surface area contributed by atoms with Gasteiger partial charge in [-0.05, 0) is 70.6 Å². The first-order chi connectivity index (χ1) is 28.5. The van der Waals surface area contributed by atoms with E-state index in [1.807, 2.05) is 48.6 Å². The minimum absolute atomic E-state index is 0.0750. The fourth-order valence-corrected chi connectivity index (χ4v) is 6.06. The third kappa shape index (κ3) is 39.8. The quantitative estimate of drug-likeness (QED) is 0.0151. The van der Waals surface area contributed by atoms with Crippen molar-refractivity contribution >= 4 is 25.7 Å². The summed E-state index contributed by atoms with van der Waals surface area (Å²) in [4.78, 5) is 45.9. The standard InChI is InChI=1S/C46H76NO11P/c1-3-5-7-8-9-10-11-12-13-16-20-23-26-29-33-37-45(50)58-42(39-56-59(53,54)57-40-43(47)46(51)52)38-55-44(49)36-32-28-25-22-19-17-14-15-18-21-24-27-31-35-41(48)34-30-6-4-2/h6,12-13,15,17-19,24-25,27-28,30-31,35,41-43,48H,3-5,7-11,14,16,20-23,26,29,32-34,36-40,47H2,1-2H3,(H,51,52)(H,53,54)/b13-12-,18-15-,19-17-,27-24+,28-25-,30-6-,35-31+/t41?,42-,43+/m1/s1. The summed E-state index contributed by atoms with van der Waals surface area (Å²) in [7, 11) is -4.75. The van der Waals surface area contributed by atoms with Gasteiger partial charge in [0.05, 0.1) is 19.3 Å². The van der Waals surface area contributed by atoms with Gasteiger partial charge in [-0.2, -0.15) is 0 Å². The fraction of sp³-hybridized carbons (Fsp3) is 0.630. The zero-order valence-corrected chi connectivity index (χ0v) is 36.8. The number of phosphoric acid groups is 1. The van der Waals surface area contributed by atoms with E-state index < -0.39 is 63.8 Å². The number of aliphatic hydroxyl groups excluding tert-OH is 1. The van der Waals surface area contributed by atoms with Gasteiger partial charge in [0.1, 0.15) is 12.6 Å². The molecule has 0 aliphatic heterocycles. The van der Waals surface area contributed by atoms with Crippen LogP contribution >= 0.6 is 7.82 Å². The van der Waals surface area contributed by atoms with Gasteiger partial charge in [0, 0.05) is 12.8 Å². The summed E-state index contributed by atoms with van der Waals surface area (Å²) in [5, 5.41) is 18.7. The highest BCUT2D eigenvalue weighted by atomic mass is 31.2. The second-order valence-electron chi connectivity index (χ2n) is 14.3. The summed E-state index contributed by atoms with van der Waals surface area (Å²) < 4.78 is 32.6. The van der Waals surface area contributed by atoms with Crippen LogP contribution in [0.3, 0.4) is 0 Å². The van der Waals surface area contributed by atoms with Crippen LogP contribution in [-0.2, 0) is 37.5 Å². The van der Waals surface area contributed by atoms with Gasteiger partial charge in [0.15, 0.2) is 6.10 Å². The van der Waals surface area contributed by atoms with Gasteiger partial charge in [-0.15, -0.1) is 0 Å². The molecule has 13 heteroatoms. The normalized spacial score (nSPS) is 15.1. The molecule has 0 aromatic heterocycles. The van der Waals surface area contributed by atoms with E-state index in [0.717, 1.165) is 57.8 Å². The van der Waals surface area contributed by atoms with Gasteiger partial charge >= 0.3 is 25.7 Å². The first-order valence-electron chi connectivity index (χ1n) is 21.7. The van der Waals surface area contributed by atoms with Gasteiger partial charge in [0.2, 0.25) is 0 Å². The van der Waals surface area contributed by atoms with Crippen molar-refractivity contribution in [3.8, 4) is 0 Å². The Morgan fingerprint density at radius 2 is 1.19 bits per heavy atom. The molecule has 0 aromatic carbocycles. The Labute approximate surface area is 355 Å². The van der Waals surface area contributed by atoms with E-state index in [1.165, 1.54) is 38.5 Å². The number of phosphoric ester groups is 1. The smallest absolute Gasteiger partial charge is 0.472 e. The molecule has 0 radical (unpaired) electrons. The van der Waals surface area contributed by atoms with Crippen LogP contribution in [0.5, 0.6) is 0 Å². The lowest BCUT2D eigenvalue weighted by Gasteiger charge is -2.20. The van der Waals surface area contributed by atoms with Gasteiger partial charge < -0.3 is 30.3 Å². The van der Waals surface area contributed by atoms with E-state index in [-0.39, 0.29) is 12.8 Å². The molecule has 0 spiro atoms. The summed E-state index contributed by atoms with van der Waals surface area (Å²) in [6.45, 7) is 2.48. The fourth-order valence-electron chi connectivity index (χ4n) is 5.29. The van der Waals surface area contributed by atoms with Gasteiger partial charge in [0.25, 0.3) is 0 Å². The van der Waals surface area contributed by atoms with E-state index >= 15 is 0 Å². The van der Waals surface area contributed by atoms with Crippen LogP contribution in [-0.4, -0.2) is 71.1 Å². The zero-order valence-electron chi connectivity index (χ0n) is 35.9. The minimum Gasteiger partial charge on any atom is -0.480 e. The third-order valence-electron chi connectivity index (χ3n) is 8.72. The van der Waals surface area contributed by atoms with Crippen molar-refractivity contribution in [1.82, 2.24) is 0 Å². The van der Waals surface area contributed by atoms with Crippen LogP contribution in [0.1, 0.15) is 149 Å². The number of nitrogens with two attached hydrogens (primary N) is 1. The van der Waals surface area contributed by atoms with E-state index in [2.05, 4.69) is 48.8 Å². The van der Waals surface area contributed by atoms with Gasteiger partial charge in [-0.3, -0.25) is 23.4 Å². The molecule has 0 bridgehead atoms. The molecule has 4 atom stereocenters. The number of ether oxygens (including phenoxy) is 2. The number of hydrogen-bond acceptors (Lipinski definition) is 10. The lowest BCUT2D eigenvalue weighted by molar-refractivity contribution is -0.161. The molecule has 0 aliphatic rings. The van der Waals surface area contributed by atoms with Crippen molar-refractivity contribution < 1.29 is 52.6 Å². The number of aliphatic hydroxyl groups is 1. The molecule has 0 fully saturated rings. The SMILES string of the molecule is CC/C=C\CC(O)/C=C/C=C/C/C=C\C/C=C\C/C=C\CCC(=O)OC[C@H](COP(=O)(O)OC[C@H](N)C(=O)O)OC(=O)CCCCCCC/C=C\CCCCCCCC. The Kier molecular flexibility index (Phi) is 37.8. The lowest BCUT2D eigenvalue weighted by atomic mass is 10.1. The lowest BCUT2D eigenvalue weighted by Crippen LogP contribution is -2.34. The molecule has 0 saturated heterocycles. The third-order valence-corrected chi connectivity index (χ3v) is 9.67. The van der Waals surface area contributed by atoms with Crippen LogP contribution in [0.2, 0.25) is 0 Å². The summed E-state index contributed by atoms with van der Waals surface area (Å²) in [6, 6.07) is -1.54. The second-order valence-corrected chi connectivity index (χ2v) is 15.7. The Morgan fingerprint density at radius 3 is 1.81 bits per heavy atom. The molecular formula is C46H76NO11P.